The van der Waals surface area contributed by atoms with E-state index in [1.165, 1.54) is 43.6 Å². The molecule has 3 amide bonds. The third-order valence-electron chi connectivity index (χ3n) is 10.1. The maximum absolute atomic E-state index is 15.0. The number of carbonyl (C=O) groups is 2. The number of hydrogen-bond acceptors (Lipinski definition) is 10. The molecule has 0 radical (unpaired) electrons. The van der Waals surface area contributed by atoms with Gasteiger partial charge in [-0.15, -0.1) is 0 Å². The van der Waals surface area contributed by atoms with Crippen molar-refractivity contribution in [2.24, 2.45) is 0 Å². The van der Waals surface area contributed by atoms with E-state index >= 15 is 4.39 Å². The number of likely N-dealkylation sites (tertiary alicyclic amines) is 1. The van der Waals surface area contributed by atoms with E-state index in [1.807, 2.05) is 6.07 Å². The van der Waals surface area contributed by atoms with Crippen molar-refractivity contribution in [3.8, 4) is 11.9 Å². The Hall–Kier alpha value is -4.69. The summed E-state index contributed by atoms with van der Waals surface area (Å²) in [7, 11) is -3.73. The Bertz CT molecular complexity index is 1970. The maximum atomic E-state index is 15.0. The summed E-state index contributed by atoms with van der Waals surface area (Å²) in [5, 5.41) is 12.6. The van der Waals surface area contributed by atoms with Crippen molar-refractivity contribution < 1.29 is 36.3 Å². The Balaban J connectivity index is 1.23. The highest BCUT2D eigenvalue weighted by atomic mass is 32.2. The molecule has 4 aliphatic rings. The molecule has 0 saturated carbocycles. The van der Waals surface area contributed by atoms with Crippen molar-refractivity contribution in [2.75, 3.05) is 63.9 Å². The quantitative estimate of drug-likeness (QED) is 0.388. The minimum Gasteiger partial charge on any atom is -0.481 e. The normalized spacial score (nSPS) is 22.2. The van der Waals surface area contributed by atoms with Gasteiger partial charge in [-0.2, -0.15) is 9.57 Å². The molecule has 13 nitrogen and oxygen atoms in total. The number of nitriles is 1. The molecule has 0 spiro atoms. The lowest BCUT2D eigenvalue weighted by atomic mass is 9.83. The van der Waals surface area contributed by atoms with E-state index in [2.05, 4.69) is 20.1 Å². The molecule has 7 rings (SSSR count). The number of amides is 3. The van der Waals surface area contributed by atoms with Gasteiger partial charge in [0.2, 0.25) is 5.88 Å². The third kappa shape index (κ3) is 5.63. The summed E-state index contributed by atoms with van der Waals surface area (Å²) in [6.45, 7) is 5.41. The molecule has 3 aromatic rings. The first-order chi connectivity index (χ1) is 24.1. The number of benzene rings is 2. The predicted molar refractivity (Wildman–Crippen MR) is 175 cm³/mol. The average molecular weight is 708 g/mol. The number of fused-ring (bicyclic) bond motifs is 1. The van der Waals surface area contributed by atoms with Crippen LogP contribution in [-0.4, -0.2) is 112 Å². The second kappa shape index (κ2) is 13.2. The summed E-state index contributed by atoms with van der Waals surface area (Å²) in [6.07, 6.45) is 3.42. The van der Waals surface area contributed by atoms with Crippen LogP contribution in [0.15, 0.2) is 59.6 Å². The fourth-order valence-corrected chi connectivity index (χ4v) is 8.86. The highest BCUT2D eigenvalue weighted by molar-refractivity contribution is 7.93. The molecule has 3 saturated heterocycles. The van der Waals surface area contributed by atoms with E-state index in [9.17, 15) is 27.7 Å². The van der Waals surface area contributed by atoms with Crippen molar-refractivity contribution >= 4 is 27.6 Å². The van der Waals surface area contributed by atoms with E-state index < -0.39 is 44.0 Å². The van der Waals surface area contributed by atoms with Crippen molar-refractivity contribution in [3.05, 3.63) is 83.1 Å². The van der Waals surface area contributed by atoms with Crippen LogP contribution in [0, 0.1) is 23.0 Å². The number of urea groups is 1. The van der Waals surface area contributed by atoms with E-state index in [1.54, 1.807) is 4.90 Å². The minimum absolute atomic E-state index is 0.00303. The molecule has 5 heterocycles. The molecule has 1 aromatic heterocycles. The van der Waals surface area contributed by atoms with Crippen LogP contribution >= 0.6 is 0 Å². The Kier molecular flexibility index (Phi) is 8.93. The van der Waals surface area contributed by atoms with Crippen LogP contribution in [0.5, 0.6) is 5.88 Å². The lowest BCUT2D eigenvalue weighted by Crippen LogP contribution is -2.61. The van der Waals surface area contributed by atoms with Crippen LogP contribution in [0.1, 0.15) is 29.5 Å². The van der Waals surface area contributed by atoms with Crippen LogP contribution in [0.4, 0.5) is 19.3 Å². The zero-order valence-corrected chi connectivity index (χ0v) is 28.0. The van der Waals surface area contributed by atoms with Gasteiger partial charge in [0, 0.05) is 63.1 Å². The molecular weight excluding hydrogens is 672 g/mol. The number of methoxy groups -OCH3 is 1. The number of carbonyl (C=O) groups excluding carboxylic acids is 2. The maximum Gasteiger partial charge on any atom is 0.318 e. The Morgan fingerprint density at radius 3 is 2.36 bits per heavy atom. The molecule has 2 aromatic carbocycles. The number of rotatable bonds is 7. The summed E-state index contributed by atoms with van der Waals surface area (Å²) in [5.41, 5.74) is -2.51. The van der Waals surface area contributed by atoms with Gasteiger partial charge in [0.1, 0.15) is 16.5 Å². The number of sulfonamides is 1. The second-order valence-corrected chi connectivity index (χ2v) is 14.5. The summed E-state index contributed by atoms with van der Waals surface area (Å²) in [4.78, 5) is 38.8. The number of halogens is 2. The molecular formula is C34H35F2N7O6S. The van der Waals surface area contributed by atoms with E-state index in [4.69, 9.17) is 9.47 Å². The summed E-state index contributed by atoms with van der Waals surface area (Å²) >= 11 is 0. The van der Waals surface area contributed by atoms with E-state index in [-0.39, 0.29) is 28.3 Å². The first-order valence-electron chi connectivity index (χ1n) is 16.3. The summed E-state index contributed by atoms with van der Waals surface area (Å²) in [5.74, 6) is -3.70. The summed E-state index contributed by atoms with van der Waals surface area (Å²) < 4.78 is 68.3. The van der Waals surface area contributed by atoms with Gasteiger partial charge in [-0.05, 0) is 55.3 Å². The number of aromatic nitrogens is 1. The lowest BCUT2D eigenvalue weighted by Gasteiger charge is -2.46. The van der Waals surface area contributed by atoms with Gasteiger partial charge < -0.3 is 19.7 Å². The zero-order valence-electron chi connectivity index (χ0n) is 27.2. The van der Waals surface area contributed by atoms with Gasteiger partial charge in [0.05, 0.1) is 49.2 Å². The third-order valence-corrected chi connectivity index (χ3v) is 11.8. The Labute approximate surface area is 288 Å². The molecule has 0 bridgehead atoms. The molecule has 4 aliphatic heterocycles. The van der Waals surface area contributed by atoms with Crippen LogP contribution < -0.4 is 14.4 Å². The van der Waals surface area contributed by atoms with E-state index in [0.29, 0.717) is 48.6 Å². The number of piperazine rings is 1. The fraction of sp³-hybridized carbons (Fsp3) is 0.412. The number of anilines is 1. The molecule has 1 N–H and O–H groups in total. The van der Waals surface area contributed by atoms with Crippen LogP contribution in [0.2, 0.25) is 0 Å². The fourth-order valence-electron chi connectivity index (χ4n) is 7.35. The SMILES string of the molecule is COc1ncccc1[C@]1(NC(=O)N2CCN(C3CCN(C4COC4)CC3)CC2)C(=O)N(S(=O)(=O)c2ccc(F)cc2F)c2ccc(C#N)cc21. The van der Waals surface area contributed by atoms with Gasteiger partial charge in [-0.25, -0.2) is 27.0 Å². The highest BCUT2D eigenvalue weighted by Crippen LogP contribution is 2.49. The smallest absolute Gasteiger partial charge is 0.318 e. The molecule has 0 aliphatic carbocycles. The largest absolute Gasteiger partial charge is 0.481 e. The molecule has 262 valence electrons. The average Bonchev–Trinajstić information content (AvgIpc) is 3.35. The first-order valence-corrected chi connectivity index (χ1v) is 17.7. The van der Waals surface area contributed by atoms with Crippen molar-refractivity contribution in [1.29, 1.82) is 5.26 Å². The molecule has 1 atom stereocenters. The number of piperidine rings is 1. The zero-order chi connectivity index (χ0) is 35.2. The summed E-state index contributed by atoms with van der Waals surface area (Å²) in [6, 6.07) is 10.9. The van der Waals surface area contributed by atoms with Gasteiger partial charge in [-0.3, -0.25) is 14.6 Å². The van der Waals surface area contributed by atoms with Gasteiger partial charge in [0.25, 0.3) is 15.9 Å². The predicted octanol–water partition coefficient (Wildman–Crippen LogP) is 2.41. The van der Waals surface area contributed by atoms with Crippen LogP contribution in [0.3, 0.4) is 0 Å². The van der Waals surface area contributed by atoms with Crippen LogP contribution in [-0.2, 0) is 25.1 Å². The lowest BCUT2D eigenvalue weighted by molar-refractivity contribution is -0.121. The van der Waals surface area contributed by atoms with Crippen molar-refractivity contribution in [1.82, 2.24) is 25.0 Å². The van der Waals surface area contributed by atoms with Crippen molar-refractivity contribution in [2.45, 2.75) is 35.4 Å². The minimum atomic E-state index is -5.04. The van der Waals surface area contributed by atoms with E-state index in [0.717, 1.165) is 51.3 Å². The molecule has 50 heavy (non-hydrogen) atoms. The standard InChI is InChI=1S/C34H35F2N7O6S/c1-48-31-26(3-2-10-38-31)34(39-33(45)42-15-13-41(14-16-42)24-8-11-40(12-9-24)25-20-49-21-25)27-17-22(19-37)4-6-29(27)43(32(34)44)50(46,47)30-7-5-23(35)18-28(30)36/h2-7,10,17-18,24-25H,8-9,11-16,20-21H2,1H3,(H,39,45)/t34-/m1/s1. The number of hydrogen-bond donors (Lipinski definition) is 1. The number of ether oxygens (including phenoxy) is 2. The van der Waals surface area contributed by atoms with Gasteiger partial charge in [-0.1, -0.05) is 0 Å². The molecule has 16 heteroatoms. The first kappa shape index (κ1) is 33.8. The van der Waals surface area contributed by atoms with Gasteiger partial charge in [0.15, 0.2) is 5.54 Å². The van der Waals surface area contributed by atoms with Crippen molar-refractivity contribution in [3.63, 3.8) is 0 Å². The Morgan fingerprint density at radius 2 is 1.72 bits per heavy atom. The topological polar surface area (TPSA) is 148 Å². The van der Waals surface area contributed by atoms with Crippen LogP contribution in [0.25, 0.3) is 0 Å². The number of nitrogens with one attached hydrogen (secondary N) is 1. The molecule has 3 fully saturated rings. The highest BCUT2D eigenvalue weighted by Gasteiger charge is 2.59. The van der Waals surface area contributed by atoms with Gasteiger partial charge >= 0.3 is 6.03 Å². The molecule has 0 unspecified atom stereocenters. The second-order valence-electron chi connectivity index (χ2n) is 12.7. The number of nitrogens with zero attached hydrogens (tertiary/aromatic N) is 6. The Morgan fingerprint density at radius 1 is 1.00 bits per heavy atom. The number of pyridine rings is 1. The monoisotopic (exact) mass is 707 g/mol.